The number of fused-ring (bicyclic) bond motifs is 13. The Morgan fingerprint density at radius 2 is 0.811 bits per heavy atom. The van der Waals surface area contributed by atoms with Crippen LogP contribution in [0.25, 0.3) is 44.5 Å². The summed E-state index contributed by atoms with van der Waals surface area (Å²) < 4.78 is 0.164. The SMILES string of the molecule is [Pb][C]1([Pb])c2ccccc2-c2ccc(N(c3ccc(-c4ccccc4)cc3)c3cccc4c3-c3ccccc3C43c4ccccc4-c4ccccc43)cc21. The molecule has 0 aliphatic heterocycles. The number of hydrogen-bond acceptors (Lipinski definition) is 1. The second kappa shape index (κ2) is 12.0. The van der Waals surface area contributed by atoms with Gasteiger partial charge < -0.3 is 0 Å². The van der Waals surface area contributed by atoms with Gasteiger partial charge in [-0.2, -0.15) is 0 Å². The monoisotopic (exact) mass is 1060 g/mol. The van der Waals surface area contributed by atoms with Crippen LogP contribution in [0.1, 0.15) is 33.4 Å². The van der Waals surface area contributed by atoms with Gasteiger partial charge in [-0.15, -0.1) is 0 Å². The molecule has 8 aromatic rings. The predicted octanol–water partition coefficient (Wildman–Crippen LogP) is 11.7. The zero-order chi connectivity index (χ0) is 35.3. The Bertz CT molecular complexity index is 2720. The van der Waals surface area contributed by atoms with Crippen LogP contribution in [0.3, 0.4) is 0 Å². The normalized spacial score (nSPS) is 14.5. The number of nitrogens with zero attached hydrogens (tertiary/aromatic N) is 1. The molecule has 0 saturated carbocycles. The quantitative estimate of drug-likeness (QED) is 0.159. The summed E-state index contributed by atoms with van der Waals surface area (Å²) >= 11 is 2.16. The molecule has 3 aliphatic rings. The zero-order valence-corrected chi connectivity index (χ0v) is 36.6. The Hall–Kier alpha value is -4.60. The van der Waals surface area contributed by atoms with E-state index in [1.807, 2.05) is 0 Å². The molecule has 1 nitrogen and oxygen atoms in total. The molecule has 11 rings (SSSR count). The Morgan fingerprint density at radius 1 is 0.340 bits per heavy atom. The van der Waals surface area contributed by atoms with Crippen molar-refractivity contribution in [2.75, 3.05) is 4.90 Å². The van der Waals surface area contributed by atoms with Crippen molar-refractivity contribution in [2.45, 2.75) is 5.95 Å². The predicted molar refractivity (Wildman–Crippen MR) is 221 cm³/mol. The first-order chi connectivity index (χ1) is 26.1. The number of rotatable bonds is 4. The number of hydrogen-bond donors (Lipinski definition) is 0. The van der Waals surface area contributed by atoms with E-state index in [4.69, 9.17) is 0 Å². The third kappa shape index (κ3) is 4.44. The van der Waals surface area contributed by atoms with E-state index in [0.717, 1.165) is 57.2 Å². The third-order valence-electron chi connectivity index (χ3n) is 11.8. The average Bonchev–Trinajstić information content (AvgIpc) is 3.78. The first kappa shape index (κ1) is 31.9. The summed E-state index contributed by atoms with van der Waals surface area (Å²) in [7, 11) is 0. The van der Waals surface area contributed by atoms with Gasteiger partial charge in [0.2, 0.25) is 0 Å². The molecule has 244 valence electrons. The molecule has 1 spiro atoms. The van der Waals surface area contributed by atoms with Crippen LogP contribution >= 0.6 is 0 Å². The van der Waals surface area contributed by atoms with Gasteiger partial charge in [0.25, 0.3) is 0 Å². The topological polar surface area (TPSA) is 3.24 Å². The van der Waals surface area contributed by atoms with Crippen molar-refractivity contribution < 1.29 is 0 Å². The molecule has 0 unspecified atom stereocenters. The van der Waals surface area contributed by atoms with Crippen LogP contribution < -0.4 is 4.90 Å². The maximum atomic E-state index is 2.54. The van der Waals surface area contributed by atoms with E-state index in [0.29, 0.717) is 0 Å². The molecular weight excluding hydrogens is 1030 g/mol. The van der Waals surface area contributed by atoms with E-state index in [1.54, 1.807) is 0 Å². The minimum atomic E-state index is -0.392. The molecule has 3 heteroatoms. The molecule has 3 aliphatic carbocycles. The molecule has 0 amide bonds. The number of benzene rings is 8. The summed E-state index contributed by atoms with van der Waals surface area (Å²) in [6, 6.07) is 70.7. The van der Waals surface area contributed by atoms with E-state index in [9.17, 15) is 0 Å². The molecule has 0 N–H and O–H groups in total. The van der Waals surface area contributed by atoms with Gasteiger partial charge in [-0.1, -0.05) is 18.2 Å². The van der Waals surface area contributed by atoms with Crippen LogP contribution in [0.5, 0.6) is 0 Å². The maximum absolute atomic E-state index is 2.54. The van der Waals surface area contributed by atoms with Crippen LogP contribution in [0.2, 0.25) is 0 Å². The van der Waals surface area contributed by atoms with Gasteiger partial charge in [-0.05, 0) is 0 Å². The van der Waals surface area contributed by atoms with Crippen LogP contribution in [0.15, 0.2) is 188 Å². The standard InChI is InChI=1S/C50H31N.2Pb/c1-2-13-33(14-3-1)34-25-27-37(28-26-34)51(38-29-30-40-36(32-38)31-35-15-4-5-16-39(35)40)48-24-12-23-47-49(48)43-19-8-11-22-46(43)50(47)44-20-9-6-17-41(44)42-18-7-10-21-45(42)50;;/h1-30,32H;;. The van der Waals surface area contributed by atoms with Gasteiger partial charge in [0.15, 0.2) is 0 Å². The second-order valence-corrected chi connectivity index (χ2v) is 27.7. The van der Waals surface area contributed by atoms with E-state index in [2.05, 4.69) is 193 Å². The van der Waals surface area contributed by atoms with Crippen molar-refractivity contribution in [3.63, 3.8) is 0 Å². The molecule has 0 heterocycles. The Balaban J connectivity index is 1.18. The van der Waals surface area contributed by atoms with E-state index in [1.165, 1.54) is 89.3 Å². The number of anilines is 3. The van der Waals surface area contributed by atoms with Crippen molar-refractivity contribution >= 4 is 68.6 Å². The molecular formula is C50H31NPb2. The van der Waals surface area contributed by atoms with E-state index in [-0.39, 0.29) is 0.533 Å². The van der Waals surface area contributed by atoms with Crippen molar-refractivity contribution in [1.82, 2.24) is 0 Å². The first-order valence-electron chi connectivity index (χ1n) is 18.2. The zero-order valence-electron chi connectivity index (χ0n) is 28.8. The van der Waals surface area contributed by atoms with E-state index >= 15 is 0 Å². The fraction of sp³-hybridized carbons (Fsp3) is 0.0400. The summed E-state index contributed by atoms with van der Waals surface area (Å²) in [6.07, 6.45) is 0. The first-order valence-corrected chi connectivity index (χ1v) is 22.1. The summed E-state index contributed by atoms with van der Waals surface area (Å²) in [5.41, 5.74) is 22.2. The Morgan fingerprint density at radius 3 is 1.47 bits per heavy atom. The fourth-order valence-corrected chi connectivity index (χ4v) is 12.9. The fourth-order valence-electron chi connectivity index (χ4n) is 9.58. The summed E-state index contributed by atoms with van der Waals surface area (Å²) in [4.78, 5) is 2.54. The van der Waals surface area contributed by atoms with Gasteiger partial charge in [0, 0.05) is 0 Å². The molecule has 0 aromatic heterocycles. The van der Waals surface area contributed by atoms with Crippen molar-refractivity contribution in [3.8, 4) is 44.5 Å². The van der Waals surface area contributed by atoms with Gasteiger partial charge in [-0.25, -0.2) is 0 Å². The Kier molecular flexibility index (Phi) is 7.19. The van der Waals surface area contributed by atoms with Crippen LogP contribution in [0.4, 0.5) is 17.1 Å². The molecule has 0 saturated heterocycles. The van der Waals surface area contributed by atoms with Crippen molar-refractivity contribution in [2.24, 2.45) is 0 Å². The van der Waals surface area contributed by atoms with Gasteiger partial charge in [0.05, 0.1) is 0 Å². The molecule has 0 bridgehead atoms. The summed E-state index contributed by atoms with van der Waals surface area (Å²) in [5.74, 6) is 0. The van der Waals surface area contributed by atoms with Gasteiger partial charge >= 0.3 is 327 Å². The van der Waals surface area contributed by atoms with Crippen LogP contribution in [-0.2, 0) is 5.95 Å². The average molecular weight is 1060 g/mol. The van der Waals surface area contributed by atoms with Gasteiger partial charge in [-0.3, -0.25) is 0 Å². The summed E-state index contributed by atoms with van der Waals surface area (Å²) in [5, 5.41) is 0. The molecule has 6 radical (unpaired) electrons. The molecule has 8 aromatic carbocycles. The third-order valence-corrected chi connectivity index (χ3v) is 15.9. The Labute approximate surface area is 342 Å². The molecule has 53 heavy (non-hydrogen) atoms. The van der Waals surface area contributed by atoms with Crippen molar-refractivity contribution in [3.05, 3.63) is 221 Å². The second-order valence-electron chi connectivity index (χ2n) is 14.4. The molecule has 0 atom stereocenters. The van der Waals surface area contributed by atoms with Gasteiger partial charge in [0.1, 0.15) is 0 Å². The van der Waals surface area contributed by atoms with E-state index < -0.39 is 5.41 Å². The van der Waals surface area contributed by atoms with Crippen molar-refractivity contribution in [1.29, 1.82) is 0 Å². The summed E-state index contributed by atoms with van der Waals surface area (Å²) in [6.45, 7) is 0. The molecule has 0 fully saturated rings. The van der Waals surface area contributed by atoms with Crippen LogP contribution in [0, 0.1) is 0 Å². The minimum absolute atomic E-state index is 0.164. The van der Waals surface area contributed by atoms with Crippen LogP contribution in [-0.4, -0.2) is 51.5 Å².